The molecule has 3 N–H and O–H groups in total. The highest BCUT2D eigenvalue weighted by Crippen LogP contribution is 2.25. The van der Waals surface area contributed by atoms with Crippen molar-refractivity contribution < 1.29 is 10.2 Å². The van der Waals surface area contributed by atoms with Gasteiger partial charge in [0.25, 0.3) is 0 Å². The molecule has 1 aliphatic rings. The molecule has 2 unspecified atom stereocenters. The quantitative estimate of drug-likeness (QED) is 0.800. The Morgan fingerprint density at radius 3 is 2.88 bits per heavy atom. The van der Waals surface area contributed by atoms with Gasteiger partial charge in [-0.2, -0.15) is 0 Å². The zero-order valence-corrected chi connectivity index (χ0v) is 11.3. The average molecular weight is 300 g/mol. The summed E-state index contributed by atoms with van der Waals surface area (Å²) in [5, 5.41) is 22.4. The predicted octanol–water partition coefficient (Wildman–Crippen LogP) is 2.41. The fourth-order valence-corrected chi connectivity index (χ4v) is 2.73. The summed E-state index contributed by atoms with van der Waals surface area (Å²) < 4.78 is 0.995. The van der Waals surface area contributed by atoms with Crippen molar-refractivity contribution in [1.29, 1.82) is 0 Å². The van der Waals surface area contributed by atoms with Gasteiger partial charge in [0.15, 0.2) is 0 Å². The summed E-state index contributed by atoms with van der Waals surface area (Å²) in [5.74, 6) is 0.664. The Morgan fingerprint density at radius 1 is 1.35 bits per heavy atom. The Balaban J connectivity index is 1.83. The first-order valence-electron chi connectivity index (χ1n) is 6.03. The Labute approximate surface area is 110 Å². The van der Waals surface area contributed by atoms with Gasteiger partial charge in [-0.1, -0.05) is 22.4 Å². The van der Waals surface area contributed by atoms with Gasteiger partial charge in [-0.05, 0) is 42.5 Å². The number of aromatic hydroxyl groups is 1. The summed E-state index contributed by atoms with van der Waals surface area (Å²) in [6.45, 7) is 1.54. The molecule has 2 atom stereocenters. The first kappa shape index (κ1) is 12.9. The van der Waals surface area contributed by atoms with E-state index in [-0.39, 0.29) is 11.9 Å². The molecule has 2 rings (SSSR count). The summed E-state index contributed by atoms with van der Waals surface area (Å²) in [6, 6.07) is 5.26. The van der Waals surface area contributed by atoms with Crippen LogP contribution in [0, 0.1) is 5.92 Å². The maximum absolute atomic E-state index is 9.70. The second-order valence-electron chi connectivity index (χ2n) is 4.66. The van der Waals surface area contributed by atoms with Crippen LogP contribution in [0.1, 0.15) is 24.8 Å². The number of benzene rings is 1. The van der Waals surface area contributed by atoms with Gasteiger partial charge in [-0.15, -0.1) is 0 Å². The smallest absolute Gasteiger partial charge is 0.115 e. The van der Waals surface area contributed by atoms with Crippen molar-refractivity contribution in [1.82, 2.24) is 5.32 Å². The summed E-state index contributed by atoms with van der Waals surface area (Å²) in [4.78, 5) is 0. The van der Waals surface area contributed by atoms with Crippen molar-refractivity contribution in [3.63, 3.8) is 0 Å². The number of phenolic OH excluding ortho intramolecular Hbond substituents is 1. The van der Waals surface area contributed by atoms with Crippen LogP contribution in [-0.4, -0.2) is 22.9 Å². The molecule has 1 saturated carbocycles. The van der Waals surface area contributed by atoms with Crippen molar-refractivity contribution in [2.45, 2.75) is 31.9 Å². The van der Waals surface area contributed by atoms with Crippen LogP contribution < -0.4 is 5.32 Å². The van der Waals surface area contributed by atoms with Crippen molar-refractivity contribution in [3.05, 3.63) is 28.2 Å². The lowest BCUT2D eigenvalue weighted by molar-refractivity contribution is 0.131. The highest BCUT2D eigenvalue weighted by molar-refractivity contribution is 9.10. The Bertz CT molecular complexity index is 384. The third-order valence-corrected chi connectivity index (χ3v) is 4.14. The molecule has 0 aromatic heterocycles. The maximum Gasteiger partial charge on any atom is 0.115 e. The predicted molar refractivity (Wildman–Crippen MR) is 70.9 cm³/mol. The van der Waals surface area contributed by atoms with E-state index in [4.69, 9.17) is 0 Å². The van der Waals surface area contributed by atoms with Gasteiger partial charge in [0, 0.05) is 17.6 Å². The molecule has 17 heavy (non-hydrogen) atoms. The van der Waals surface area contributed by atoms with Crippen molar-refractivity contribution >= 4 is 15.9 Å². The molecule has 94 valence electrons. The molecule has 1 aliphatic carbocycles. The second-order valence-corrected chi connectivity index (χ2v) is 5.52. The normalized spacial score (nSPS) is 24.1. The SMILES string of the molecule is Oc1ccc(Br)c(CNCC2CCCC2O)c1. The molecule has 1 aromatic rings. The molecule has 0 spiro atoms. The van der Waals surface area contributed by atoms with Crippen LogP contribution in [0.4, 0.5) is 0 Å². The van der Waals surface area contributed by atoms with E-state index in [2.05, 4.69) is 21.2 Å². The van der Waals surface area contributed by atoms with Crippen molar-refractivity contribution in [2.75, 3.05) is 6.54 Å². The number of rotatable bonds is 4. The highest BCUT2D eigenvalue weighted by atomic mass is 79.9. The van der Waals surface area contributed by atoms with E-state index in [0.717, 1.165) is 35.8 Å². The first-order valence-corrected chi connectivity index (χ1v) is 6.82. The molecule has 0 amide bonds. The number of nitrogens with one attached hydrogen (secondary N) is 1. The van der Waals surface area contributed by atoms with Crippen LogP contribution in [0.25, 0.3) is 0 Å². The summed E-state index contributed by atoms with van der Waals surface area (Å²) in [6.07, 6.45) is 3.02. The Kier molecular flexibility index (Phi) is 4.42. The first-order chi connectivity index (χ1) is 8.16. The van der Waals surface area contributed by atoms with Crippen LogP contribution in [0.3, 0.4) is 0 Å². The number of hydrogen-bond donors (Lipinski definition) is 3. The molecule has 4 heteroatoms. The minimum Gasteiger partial charge on any atom is -0.508 e. The zero-order chi connectivity index (χ0) is 12.3. The largest absolute Gasteiger partial charge is 0.508 e. The van der Waals surface area contributed by atoms with Crippen LogP contribution in [0.15, 0.2) is 22.7 Å². The molecule has 0 saturated heterocycles. The van der Waals surface area contributed by atoms with Crippen molar-refractivity contribution in [2.24, 2.45) is 5.92 Å². The fraction of sp³-hybridized carbons (Fsp3) is 0.538. The molecular formula is C13H18BrNO2. The molecule has 0 aliphatic heterocycles. The van der Waals surface area contributed by atoms with E-state index in [1.807, 2.05) is 6.07 Å². The molecule has 3 nitrogen and oxygen atoms in total. The van der Waals surface area contributed by atoms with Gasteiger partial charge in [-0.25, -0.2) is 0 Å². The molecule has 1 fully saturated rings. The topological polar surface area (TPSA) is 52.5 Å². The van der Waals surface area contributed by atoms with Crippen LogP contribution in [0.2, 0.25) is 0 Å². The zero-order valence-electron chi connectivity index (χ0n) is 9.69. The Hall–Kier alpha value is -0.580. The second kappa shape index (κ2) is 5.85. The number of phenols is 1. The van der Waals surface area contributed by atoms with E-state index < -0.39 is 0 Å². The minimum atomic E-state index is -0.143. The number of aliphatic hydroxyl groups is 1. The van der Waals surface area contributed by atoms with Crippen LogP contribution in [-0.2, 0) is 6.54 Å². The maximum atomic E-state index is 9.70. The van der Waals surface area contributed by atoms with Crippen LogP contribution >= 0.6 is 15.9 Å². The van der Waals surface area contributed by atoms with Crippen LogP contribution in [0.5, 0.6) is 5.75 Å². The van der Waals surface area contributed by atoms with Gasteiger partial charge in [0.2, 0.25) is 0 Å². The van der Waals surface area contributed by atoms with E-state index in [0.29, 0.717) is 12.5 Å². The summed E-state index contributed by atoms with van der Waals surface area (Å²) in [5.41, 5.74) is 1.04. The minimum absolute atomic E-state index is 0.143. The van der Waals surface area contributed by atoms with Gasteiger partial charge in [0.05, 0.1) is 6.10 Å². The number of hydrogen-bond acceptors (Lipinski definition) is 3. The van der Waals surface area contributed by atoms with E-state index in [9.17, 15) is 10.2 Å². The van der Waals surface area contributed by atoms with E-state index in [1.54, 1.807) is 12.1 Å². The van der Waals surface area contributed by atoms with Crippen molar-refractivity contribution in [3.8, 4) is 5.75 Å². The van der Waals surface area contributed by atoms with Gasteiger partial charge in [-0.3, -0.25) is 0 Å². The number of halogens is 1. The van der Waals surface area contributed by atoms with Gasteiger partial charge < -0.3 is 15.5 Å². The third kappa shape index (κ3) is 3.44. The highest BCUT2D eigenvalue weighted by Gasteiger charge is 2.24. The molecule has 0 radical (unpaired) electrons. The summed E-state index contributed by atoms with van der Waals surface area (Å²) in [7, 11) is 0. The van der Waals surface area contributed by atoms with Gasteiger partial charge >= 0.3 is 0 Å². The monoisotopic (exact) mass is 299 g/mol. The standard InChI is InChI=1S/C13H18BrNO2/c14-12-5-4-11(16)6-10(12)8-15-7-9-2-1-3-13(9)17/h4-6,9,13,15-17H,1-3,7-8H2. The lowest BCUT2D eigenvalue weighted by Gasteiger charge is -2.15. The van der Waals surface area contributed by atoms with E-state index in [1.165, 1.54) is 0 Å². The Morgan fingerprint density at radius 2 is 2.18 bits per heavy atom. The fourth-order valence-electron chi connectivity index (χ4n) is 2.34. The van der Waals surface area contributed by atoms with Gasteiger partial charge in [0.1, 0.15) is 5.75 Å². The van der Waals surface area contributed by atoms with E-state index >= 15 is 0 Å². The molecule has 0 heterocycles. The molecule has 1 aromatic carbocycles. The molecular weight excluding hydrogens is 282 g/mol. The third-order valence-electron chi connectivity index (χ3n) is 3.37. The number of aliphatic hydroxyl groups excluding tert-OH is 1. The summed E-state index contributed by atoms with van der Waals surface area (Å²) >= 11 is 3.46. The molecule has 0 bridgehead atoms. The average Bonchev–Trinajstić information content (AvgIpc) is 2.70. The lowest BCUT2D eigenvalue weighted by Crippen LogP contribution is -2.27. The lowest BCUT2D eigenvalue weighted by atomic mass is 10.1.